The van der Waals surface area contributed by atoms with Gasteiger partial charge in [-0.3, -0.25) is 0 Å². The predicted octanol–water partition coefficient (Wildman–Crippen LogP) is 2.14. The fourth-order valence-electron chi connectivity index (χ4n) is 3.30. The van der Waals surface area contributed by atoms with E-state index >= 15 is 0 Å². The third-order valence-corrected chi connectivity index (χ3v) is 4.40. The molecule has 1 aliphatic carbocycles. The van der Waals surface area contributed by atoms with Crippen molar-refractivity contribution in [3.63, 3.8) is 0 Å². The van der Waals surface area contributed by atoms with Gasteiger partial charge in [0, 0.05) is 19.2 Å². The maximum atomic E-state index is 10.9. The van der Waals surface area contributed by atoms with Gasteiger partial charge in [-0.2, -0.15) is 0 Å². The SMILES string of the molecule is O=C(O)N1CC2CC(COc3ccc(Cl)nn3)C[C@@H]2C1. The van der Waals surface area contributed by atoms with Crippen molar-refractivity contribution in [1.82, 2.24) is 15.1 Å². The van der Waals surface area contributed by atoms with E-state index in [0.717, 1.165) is 12.8 Å². The Labute approximate surface area is 121 Å². The summed E-state index contributed by atoms with van der Waals surface area (Å²) in [6, 6.07) is 3.36. The Hall–Kier alpha value is -1.56. The highest BCUT2D eigenvalue weighted by Crippen LogP contribution is 2.41. The molecule has 1 saturated carbocycles. The Bertz CT molecular complexity index is 482. The van der Waals surface area contributed by atoms with Crippen LogP contribution in [0.25, 0.3) is 0 Å². The monoisotopic (exact) mass is 297 g/mol. The molecule has 1 N–H and O–H groups in total. The molecule has 0 aromatic carbocycles. The second kappa shape index (κ2) is 5.44. The van der Waals surface area contributed by atoms with E-state index in [9.17, 15) is 4.79 Å². The van der Waals surface area contributed by atoms with Crippen molar-refractivity contribution in [2.24, 2.45) is 17.8 Å². The summed E-state index contributed by atoms with van der Waals surface area (Å²) in [6.07, 6.45) is 1.24. The van der Waals surface area contributed by atoms with Gasteiger partial charge >= 0.3 is 6.09 Å². The minimum absolute atomic E-state index is 0.349. The number of carbonyl (C=O) groups is 1. The van der Waals surface area contributed by atoms with E-state index in [0.29, 0.717) is 48.5 Å². The largest absolute Gasteiger partial charge is 0.476 e. The molecule has 1 amide bonds. The Morgan fingerprint density at radius 2 is 2.05 bits per heavy atom. The van der Waals surface area contributed by atoms with E-state index in [1.54, 1.807) is 12.1 Å². The van der Waals surface area contributed by atoms with Gasteiger partial charge in [-0.15, -0.1) is 10.2 Å². The average molecular weight is 298 g/mol. The molecule has 7 heteroatoms. The number of aromatic nitrogens is 2. The number of halogens is 1. The summed E-state index contributed by atoms with van der Waals surface area (Å²) < 4.78 is 5.62. The van der Waals surface area contributed by atoms with Crippen LogP contribution in [0.5, 0.6) is 5.88 Å². The minimum atomic E-state index is -0.802. The molecule has 0 bridgehead atoms. The number of rotatable bonds is 3. The van der Waals surface area contributed by atoms with Crippen molar-refractivity contribution in [2.75, 3.05) is 19.7 Å². The van der Waals surface area contributed by atoms with Gasteiger partial charge in [-0.05, 0) is 36.7 Å². The van der Waals surface area contributed by atoms with E-state index in [1.807, 2.05) is 0 Å². The predicted molar refractivity (Wildman–Crippen MR) is 71.8 cm³/mol. The number of likely N-dealkylation sites (tertiary alicyclic amines) is 1. The lowest BCUT2D eigenvalue weighted by atomic mass is 10.0. The maximum absolute atomic E-state index is 10.9. The molecular formula is C13H16ClN3O3. The van der Waals surface area contributed by atoms with E-state index < -0.39 is 6.09 Å². The van der Waals surface area contributed by atoms with E-state index in [1.165, 1.54) is 4.90 Å². The van der Waals surface area contributed by atoms with Crippen LogP contribution < -0.4 is 4.74 Å². The molecule has 1 aromatic heterocycles. The summed E-state index contributed by atoms with van der Waals surface area (Å²) in [4.78, 5) is 12.5. The van der Waals surface area contributed by atoms with Crippen LogP contribution in [0.15, 0.2) is 12.1 Å². The zero-order chi connectivity index (χ0) is 14.1. The van der Waals surface area contributed by atoms with Crippen LogP contribution in [-0.4, -0.2) is 46.0 Å². The Morgan fingerprint density at radius 1 is 1.35 bits per heavy atom. The van der Waals surface area contributed by atoms with Gasteiger partial charge in [0.15, 0.2) is 5.15 Å². The number of ether oxygens (including phenoxy) is 1. The first-order valence-corrected chi connectivity index (χ1v) is 7.09. The summed E-state index contributed by atoms with van der Waals surface area (Å²) in [7, 11) is 0. The van der Waals surface area contributed by atoms with Crippen LogP contribution in [-0.2, 0) is 0 Å². The van der Waals surface area contributed by atoms with Gasteiger partial charge in [0.05, 0.1) is 6.61 Å². The first kappa shape index (κ1) is 13.4. The van der Waals surface area contributed by atoms with E-state index in [2.05, 4.69) is 10.2 Å². The van der Waals surface area contributed by atoms with Gasteiger partial charge in [0.1, 0.15) is 0 Å². The molecule has 6 nitrogen and oxygen atoms in total. The molecule has 2 fully saturated rings. The lowest BCUT2D eigenvalue weighted by Crippen LogP contribution is -2.28. The zero-order valence-corrected chi connectivity index (χ0v) is 11.7. The lowest BCUT2D eigenvalue weighted by Gasteiger charge is -2.16. The van der Waals surface area contributed by atoms with Crippen LogP contribution in [0.1, 0.15) is 12.8 Å². The van der Waals surface area contributed by atoms with Crippen LogP contribution in [0, 0.1) is 17.8 Å². The summed E-state index contributed by atoms with van der Waals surface area (Å²) >= 11 is 5.66. The van der Waals surface area contributed by atoms with E-state index in [-0.39, 0.29) is 0 Å². The molecule has 3 atom stereocenters. The van der Waals surface area contributed by atoms with Gasteiger partial charge in [0.2, 0.25) is 5.88 Å². The number of carboxylic acid groups (broad SMARTS) is 1. The van der Waals surface area contributed by atoms with E-state index in [4.69, 9.17) is 21.4 Å². The zero-order valence-electron chi connectivity index (χ0n) is 10.9. The number of hydrogen-bond acceptors (Lipinski definition) is 4. The molecule has 2 aliphatic rings. The fourth-order valence-corrected chi connectivity index (χ4v) is 3.40. The van der Waals surface area contributed by atoms with Gasteiger partial charge in [-0.1, -0.05) is 11.6 Å². The number of hydrogen-bond donors (Lipinski definition) is 1. The molecule has 0 radical (unpaired) electrons. The van der Waals surface area contributed by atoms with Crippen LogP contribution in [0.2, 0.25) is 5.15 Å². The smallest absolute Gasteiger partial charge is 0.407 e. The van der Waals surface area contributed by atoms with Crippen molar-refractivity contribution >= 4 is 17.7 Å². The molecule has 1 aliphatic heterocycles. The first-order chi connectivity index (χ1) is 9.61. The van der Waals surface area contributed by atoms with Crippen LogP contribution in [0.4, 0.5) is 4.79 Å². The van der Waals surface area contributed by atoms with Crippen LogP contribution >= 0.6 is 11.6 Å². The Kier molecular flexibility index (Phi) is 3.65. The van der Waals surface area contributed by atoms with Crippen molar-refractivity contribution < 1.29 is 14.6 Å². The highest BCUT2D eigenvalue weighted by Gasteiger charge is 2.42. The number of fused-ring (bicyclic) bond motifs is 1. The highest BCUT2D eigenvalue weighted by atomic mass is 35.5. The second-order valence-electron chi connectivity index (χ2n) is 5.55. The number of amides is 1. The van der Waals surface area contributed by atoms with Gasteiger partial charge < -0.3 is 14.7 Å². The molecule has 3 rings (SSSR count). The molecule has 20 heavy (non-hydrogen) atoms. The van der Waals surface area contributed by atoms with Crippen LogP contribution in [0.3, 0.4) is 0 Å². The fraction of sp³-hybridized carbons (Fsp3) is 0.615. The Balaban J connectivity index is 1.48. The van der Waals surface area contributed by atoms with Crippen molar-refractivity contribution in [1.29, 1.82) is 0 Å². The van der Waals surface area contributed by atoms with Crippen molar-refractivity contribution in [2.45, 2.75) is 12.8 Å². The normalized spacial score (nSPS) is 28.4. The second-order valence-corrected chi connectivity index (χ2v) is 5.94. The maximum Gasteiger partial charge on any atom is 0.407 e. The minimum Gasteiger partial charge on any atom is -0.476 e. The molecular weight excluding hydrogens is 282 g/mol. The molecule has 1 saturated heterocycles. The lowest BCUT2D eigenvalue weighted by molar-refractivity contribution is 0.149. The van der Waals surface area contributed by atoms with Crippen molar-refractivity contribution in [3.8, 4) is 5.88 Å². The third-order valence-electron chi connectivity index (χ3n) is 4.19. The van der Waals surface area contributed by atoms with Gasteiger partial charge in [-0.25, -0.2) is 4.79 Å². The summed E-state index contributed by atoms with van der Waals surface area (Å²) in [5, 5.41) is 16.9. The Morgan fingerprint density at radius 3 is 2.60 bits per heavy atom. The topological polar surface area (TPSA) is 75.5 Å². The van der Waals surface area contributed by atoms with Crippen molar-refractivity contribution in [3.05, 3.63) is 17.3 Å². The summed E-state index contributed by atoms with van der Waals surface area (Å²) in [5.74, 6) is 1.92. The molecule has 2 heterocycles. The quantitative estimate of drug-likeness (QED) is 0.925. The average Bonchev–Trinajstić information content (AvgIpc) is 2.96. The summed E-state index contributed by atoms with van der Waals surface area (Å²) in [6.45, 7) is 1.94. The van der Waals surface area contributed by atoms with Gasteiger partial charge in [0.25, 0.3) is 0 Å². The number of nitrogens with zero attached hydrogens (tertiary/aromatic N) is 3. The molecule has 1 aromatic rings. The summed E-state index contributed by atoms with van der Waals surface area (Å²) in [5.41, 5.74) is 0. The first-order valence-electron chi connectivity index (χ1n) is 6.71. The standard InChI is InChI=1S/C13H16ClN3O3/c14-11-1-2-12(16-15-11)20-7-8-3-9-5-17(13(18)19)6-10(9)4-8/h1-2,8-10H,3-7H2,(H,18,19)/t8?,9-,10?/m1/s1. The third kappa shape index (κ3) is 2.80. The molecule has 2 unspecified atom stereocenters. The molecule has 108 valence electrons. The molecule has 0 spiro atoms. The highest BCUT2D eigenvalue weighted by molar-refractivity contribution is 6.29.